The molecule has 0 unspecified atom stereocenters. The average molecular weight is 438 g/mol. The number of H-pyrrole nitrogens is 1. The van der Waals surface area contributed by atoms with E-state index in [1.165, 1.54) is 0 Å². The van der Waals surface area contributed by atoms with Crippen molar-refractivity contribution in [2.45, 2.75) is 76.8 Å². The lowest BCUT2D eigenvalue weighted by Gasteiger charge is -2.34. The zero-order valence-corrected chi connectivity index (χ0v) is 19.3. The minimum absolute atomic E-state index is 0.00670. The quantitative estimate of drug-likeness (QED) is 0.742. The fraction of sp³-hybridized carbons (Fsp3) is 0.640. The molecule has 172 valence electrons. The lowest BCUT2D eigenvalue weighted by molar-refractivity contribution is -0.136. The van der Waals surface area contributed by atoms with Crippen molar-refractivity contribution >= 4 is 11.6 Å². The third kappa shape index (κ3) is 4.03. The summed E-state index contributed by atoms with van der Waals surface area (Å²) in [5, 5.41) is 3.27. The number of likely N-dealkylation sites (tertiary alicyclic amines) is 2. The van der Waals surface area contributed by atoms with E-state index in [4.69, 9.17) is 4.98 Å². The molecule has 2 fully saturated rings. The third-order valence-corrected chi connectivity index (χ3v) is 7.68. The molecule has 3 aliphatic rings. The summed E-state index contributed by atoms with van der Waals surface area (Å²) in [6.45, 7) is 7.37. The molecule has 0 radical (unpaired) electrons. The normalized spacial score (nSPS) is 25.3. The van der Waals surface area contributed by atoms with Gasteiger partial charge in [0.15, 0.2) is 5.65 Å². The molecule has 2 saturated heterocycles. The molecule has 5 rings (SSSR count). The highest BCUT2D eigenvalue weighted by atomic mass is 16.2. The molecule has 1 aliphatic carbocycles. The lowest BCUT2D eigenvalue weighted by Crippen LogP contribution is -2.38. The summed E-state index contributed by atoms with van der Waals surface area (Å²) >= 11 is 0. The van der Waals surface area contributed by atoms with Crippen LogP contribution < -0.4 is 5.56 Å². The Balaban J connectivity index is 1.37. The number of amides is 1. The van der Waals surface area contributed by atoms with Crippen LogP contribution in [0.2, 0.25) is 0 Å². The second-order valence-electron chi connectivity index (χ2n) is 10.00. The minimum atomic E-state index is -0.0594. The summed E-state index contributed by atoms with van der Waals surface area (Å²) in [6.07, 6.45) is 11.1. The SMILES string of the molecule is CC(C)N1CCC(c2cc(=O)n3[nH]c([C@H]4CCCN4C(=O)[C@H]4CC=CCC4)cc3n2)CC1. The summed E-state index contributed by atoms with van der Waals surface area (Å²) in [4.78, 5) is 35.5. The Morgan fingerprint density at radius 2 is 1.91 bits per heavy atom. The molecule has 2 aliphatic heterocycles. The van der Waals surface area contributed by atoms with Crippen LogP contribution in [-0.2, 0) is 4.79 Å². The van der Waals surface area contributed by atoms with Crippen LogP contribution in [0, 0.1) is 5.92 Å². The standard InChI is InChI=1S/C25H35N5O2/c1-17(2)28-13-10-18(11-14-28)20-16-24(31)30-23(26-20)15-21(27-30)22-9-6-12-29(22)25(32)19-7-4-3-5-8-19/h3-4,15-19,22,27H,5-14H2,1-2H3/t19-,22+/m0/s1. The number of piperidine rings is 1. The second kappa shape index (κ2) is 8.85. The van der Waals surface area contributed by atoms with E-state index >= 15 is 0 Å². The van der Waals surface area contributed by atoms with Crippen molar-refractivity contribution in [1.29, 1.82) is 0 Å². The number of fused-ring (bicyclic) bond motifs is 1. The van der Waals surface area contributed by atoms with Gasteiger partial charge in [0.25, 0.3) is 5.56 Å². The van der Waals surface area contributed by atoms with Crippen LogP contribution in [0.4, 0.5) is 0 Å². The Bertz CT molecular complexity index is 1060. The summed E-state index contributed by atoms with van der Waals surface area (Å²) < 4.78 is 1.55. The molecule has 4 heterocycles. The molecule has 7 nitrogen and oxygen atoms in total. The molecule has 0 saturated carbocycles. The summed E-state index contributed by atoms with van der Waals surface area (Å²) in [6, 6.07) is 4.26. The van der Waals surface area contributed by atoms with E-state index in [9.17, 15) is 9.59 Å². The highest BCUT2D eigenvalue weighted by molar-refractivity contribution is 5.80. The van der Waals surface area contributed by atoms with E-state index in [0.29, 0.717) is 17.6 Å². The van der Waals surface area contributed by atoms with Gasteiger partial charge >= 0.3 is 0 Å². The van der Waals surface area contributed by atoms with Gasteiger partial charge in [-0.25, -0.2) is 9.50 Å². The van der Waals surface area contributed by atoms with Crippen LogP contribution >= 0.6 is 0 Å². The molecular weight excluding hydrogens is 402 g/mol. The predicted molar refractivity (Wildman–Crippen MR) is 125 cm³/mol. The summed E-state index contributed by atoms with van der Waals surface area (Å²) in [7, 11) is 0. The van der Waals surface area contributed by atoms with Gasteiger partial charge in [-0.1, -0.05) is 12.2 Å². The maximum absolute atomic E-state index is 13.2. The number of aromatic amines is 1. The van der Waals surface area contributed by atoms with Crippen molar-refractivity contribution in [1.82, 2.24) is 24.4 Å². The van der Waals surface area contributed by atoms with Crippen LogP contribution in [0.5, 0.6) is 0 Å². The summed E-state index contributed by atoms with van der Waals surface area (Å²) in [5.74, 6) is 0.688. The topological polar surface area (TPSA) is 73.7 Å². The van der Waals surface area contributed by atoms with Crippen LogP contribution in [-0.4, -0.2) is 56.0 Å². The van der Waals surface area contributed by atoms with Gasteiger partial charge in [0, 0.05) is 36.6 Å². The largest absolute Gasteiger partial charge is 0.334 e. The molecular formula is C25H35N5O2. The molecule has 2 atom stereocenters. The minimum Gasteiger partial charge on any atom is -0.334 e. The van der Waals surface area contributed by atoms with Crippen LogP contribution in [0.1, 0.15) is 82.1 Å². The van der Waals surface area contributed by atoms with Gasteiger partial charge in [-0.2, -0.15) is 0 Å². The number of aromatic nitrogens is 3. The number of allylic oxidation sites excluding steroid dienone is 2. The lowest BCUT2D eigenvalue weighted by atomic mass is 9.92. The maximum Gasteiger partial charge on any atom is 0.272 e. The first-order valence-electron chi connectivity index (χ1n) is 12.3. The monoisotopic (exact) mass is 437 g/mol. The van der Waals surface area contributed by atoms with E-state index in [2.05, 4.69) is 36.0 Å². The average Bonchev–Trinajstić information content (AvgIpc) is 3.46. The molecule has 0 aromatic carbocycles. The Labute approximate surface area is 189 Å². The highest BCUT2D eigenvalue weighted by Crippen LogP contribution is 2.35. The predicted octanol–water partition coefficient (Wildman–Crippen LogP) is 3.63. The van der Waals surface area contributed by atoms with E-state index < -0.39 is 0 Å². The molecule has 0 spiro atoms. The molecule has 2 aromatic heterocycles. The number of nitrogens with zero attached hydrogens (tertiary/aromatic N) is 4. The molecule has 1 amide bonds. The first-order valence-corrected chi connectivity index (χ1v) is 12.3. The van der Waals surface area contributed by atoms with E-state index in [1.807, 2.05) is 11.0 Å². The van der Waals surface area contributed by atoms with E-state index in [1.54, 1.807) is 10.6 Å². The molecule has 7 heteroatoms. The number of nitrogens with one attached hydrogen (secondary N) is 1. The van der Waals surface area contributed by atoms with Gasteiger partial charge in [-0.15, -0.1) is 0 Å². The number of hydrogen-bond acceptors (Lipinski definition) is 4. The summed E-state index contributed by atoms with van der Waals surface area (Å²) in [5.41, 5.74) is 2.46. The van der Waals surface area contributed by atoms with Crippen molar-refractivity contribution in [3.63, 3.8) is 0 Å². The molecule has 32 heavy (non-hydrogen) atoms. The van der Waals surface area contributed by atoms with Crippen LogP contribution in [0.15, 0.2) is 29.1 Å². The zero-order chi connectivity index (χ0) is 22.2. The molecule has 2 aromatic rings. The van der Waals surface area contributed by atoms with Gasteiger partial charge in [-0.3, -0.25) is 14.7 Å². The fourth-order valence-electron chi connectivity index (χ4n) is 5.73. The fourth-order valence-corrected chi connectivity index (χ4v) is 5.73. The van der Waals surface area contributed by atoms with Crippen LogP contribution in [0.3, 0.4) is 0 Å². The van der Waals surface area contributed by atoms with Crippen LogP contribution in [0.25, 0.3) is 5.65 Å². The Morgan fingerprint density at radius 3 is 2.62 bits per heavy atom. The molecule has 1 N–H and O–H groups in total. The van der Waals surface area contributed by atoms with Gasteiger partial charge in [0.05, 0.1) is 17.4 Å². The zero-order valence-electron chi connectivity index (χ0n) is 19.3. The number of hydrogen-bond donors (Lipinski definition) is 1. The maximum atomic E-state index is 13.2. The van der Waals surface area contributed by atoms with Crippen molar-refractivity contribution in [3.8, 4) is 0 Å². The van der Waals surface area contributed by atoms with Gasteiger partial charge in [0.2, 0.25) is 5.91 Å². The number of carbonyl (C=O) groups excluding carboxylic acids is 1. The first-order chi connectivity index (χ1) is 15.5. The van der Waals surface area contributed by atoms with Crippen molar-refractivity contribution in [2.75, 3.05) is 19.6 Å². The van der Waals surface area contributed by atoms with Crippen molar-refractivity contribution in [3.05, 3.63) is 46.0 Å². The third-order valence-electron chi connectivity index (χ3n) is 7.68. The molecule has 0 bridgehead atoms. The van der Waals surface area contributed by atoms with Crippen molar-refractivity contribution in [2.24, 2.45) is 5.92 Å². The number of carbonyl (C=O) groups is 1. The van der Waals surface area contributed by atoms with E-state index in [0.717, 1.165) is 76.0 Å². The Hall–Kier alpha value is -2.41. The first kappa shape index (κ1) is 21.4. The smallest absolute Gasteiger partial charge is 0.272 e. The van der Waals surface area contributed by atoms with E-state index in [-0.39, 0.29) is 23.4 Å². The Kier molecular flexibility index (Phi) is 5.93. The van der Waals surface area contributed by atoms with Crippen molar-refractivity contribution < 1.29 is 4.79 Å². The van der Waals surface area contributed by atoms with Gasteiger partial charge in [-0.05, 0) is 71.9 Å². The highest BCUT2D eigenvalue weighted by Gasteiger charge is 2.35. The second-order valence-corrected chi connectivity index (χ2v) is 10.00. The van der Waals surface area contributed by atoms with Gasteiger partial charge in [0.1, 0.15) is 0 Å². The number of rotatable bonds is 4. The Morgan fingerprint density at radius 1 is 1.09 bits per heavy atom. The van der Waals surface area contributed by atoms with Gasteiger partial charge < -0.3 is 9.80 Å².